The third kappa shape index (κ3) is 1.86. The fraction of sp³-hybridized carbons (Fsp3) is 0.300. The van der Waals surface area contributed by atoms with Crippen molar-refractivity contribution < 1.29 is 0 Å². The van der Waals surface area contributed by atoms with Crippen LogP contribution in [0.15, 0.2) is 23.8 Å². The van der Waals surface area contributed by atoms with Crippen LogP contribution in [0.5, 0.6) is 0 Å². The SMILES string of the molecule is Cn1ccc(-c2nc(CCN)cs2)c1. The molecule has 0 radical (unpaired) electrons. The molecule has 0 spiro atoms. The molecule has 2 N–H and O–H groups in total. The van der Waals surface area contributed by atoms with Gasteiger partial charge in [-0.3, -0.25) is 0 Å². The first-order chi connectivity index (χ1) is 6.79. The molecule has 0 aliphatic rings. The van der Waals surface area contributed by atoms with Gasteiger partial charge in [0.05, 0.1) is 5.69 Å². The topological polar surface area (TPSA) is 43.8 Å². The van der Waals surface area contributed by atoms with Crippen molar-refractivity contribution in [3.8, 4) is 10.6 Å². The minimum atomic E-state index is 0.665. The molecule has 2 aromatic heterocycles. The number of aromatic nitrogens is 2. The minimum Gasteiger partial charge on any atom is -0.357 e. The van der Waals surface area contributed by atoms with Gasteiger partial charge in [-0.15, -0.1) is 11.3 Å². The summed E-state index contributed by atoms with van der Waals surface area (Å²) in [4.78, 5) is 4.51. The number of hydrogen-bond donors (Lipinski definition) is 1. The molecule has 0 bridgehead atoms. The lowest BCUT2D eigenvalue weighted by Gasteiger charge is -1.90. The van der Waals surface area contributed by atoms with Gasteiger partial charge >= 0.3 is 0 Å². The van der Waals surface area contributed by atoms with Gasteiger partial charge in [0.2, 0.25) is 0 Å². The lowest BCUT2D eigenvalue weighted by atomic mass is 10.3. The Morgan fingerprint density at radius 1 is 1.57 bits per heavy atom. The Morgan fingerprint density at radius 2 is 2.43 bits per heavy atom. The summed E-state index contributed by atoms with van der Waals surface area (Å²) in [6.07, 6.45) is 4.97. The Labute approximate surface area is 87.2 Å². The second-order valence-electron chi connectivity index (χ2n) is 3.25. The predicted octanol–water partition coefficient (Wildman–Crippen LogP) is 1.65. The normalized spacial score (nSPS) is 10.7. The van der Waals surface area contributed by atoms with E-state index in [4.69, 9.17) is 5.73 Å². The molecular weight excluding hydrogens is 194 g/mol. The molecule has 0 saturated heterocycles. The smallest absolute Gasteiger partial charge is 0.125 e. The van der Waals surface area contributed by atoms with E-state index in [2.05, 4.69) is 22.6 Å². The van der Waals surface area contributed by atoms with Crippen LogP contribution >= 0.6 is 11.3 Å². The van der Waals surface area contributed by atoms with Crippen molar-refractivity contribution in [2.24, 2.45) is 12.8 Å². The molecule has 0 amide bonds. The van der Waals surface area contributed by atoms with Crippen LogP contribution in [0.1, 0.15) is 5.69 Å². The van der Waals surface area contributed by atoms with Gasteiger partial charge in [0, 0.05) is 36.8 Å². The monoisotopic (exact) mass is 207 g/mol. The van der Waals surface area contributed by atoms with E-state index in [0.717, 1.165) is 17.1 Å². The summed E-state index contributed by atoms with van der Waals surface area (Å²) in [6, 6.07) is 2.07. The molecule has 0 aromatic carbocycles. The lowest BCUT2D eigenvalue weighted by Crippen LogP contribution is -2.02. The fourth-order valence-electron chi connectivity index (χ4n) is 1.33. The van der Waals surface area contributed by atoms with E-state index in [1.54, 1.807) is 11.3 Å². The number of thiazole rings is 1. The van der Waals surface area contributed by atoms with Gasteiger partial charge in [0.15, 0.2) is 0 Å². The highest BCUT2D eigenvalue weighted by molar-refractivity contribution is 7.13. The zero-order valence-corrected chi connectivity index (χ0v) is 8.92. The van der Waals surface area contributed by atoms with Gasteiger partial charge in [-0.25, -0.2) is 4.98 Å². The number of hydrogen-bond acceptors (Lipinski definition) is 3. The summed E-state index contributed by atoms with van der Waals surface area (Å²) >= 11 is 1.68. The van der Waals surface area contributed by atoms with E-state index in [-0.39, 0.29) is 0 Å². The third-order valence-corrected chi connectivity index (χ3v) is 2.97. The van der Waals surface area contributed by atoms with Gasteiger partial charge in [-0.2, -0.15) is 0 Å². The molecule has 0 saturated carbocycles. The molecule has 0 unspecified atom stereocenters. The Hall–Kier alpha value is -1.13. The quantitative estimate of drug-likeness (QED) is 0.831. The number of aryl methyl sites for hydroxylation is 1. The molecule has 2 rings (SSSR count). The summed E-state index contributed by atoms with van der Waals surface area (Å²) in [5.74, 6) is 0. The highest BCUT2D eigenvalue weighted by Gasteiger charge is 2.04. The number of rotatable bonds is 3. The summed E-state index contributed by atoms with van der Waals surface area (Å²) in [6.45, 7) is 0.665. The van der Waals surface area contributed by atoms with Crippen LogP contribution < -0.4 is 5.73 Å². The Bertz CT molecular complexity index is 416. The molecule has 0 aliphatic heterocycles. The maximum atomic E-state index is 5.47. The number of nitrogens with zero attached hydrogens (tertiary/aromatic N) is 2. The zero-order valence-electron chi connectivity index (χ0n) is 8.10. The molecule has 2 aromatic rings. The minimum absolute atomic E-state index is 0.665. The van der Waals surface area contributed by atoms with E-state index in [0.29, 0.717) is 6.54 Å². The maximum Gasteiger partial charge on any atom is 0.125 e. The van der Waals surface area contributed by atoms with Gasteiger partial charge in [-0.1, -0.05) is 0 Å². The molecule has 0 atom stereocenters. The van der Waals surface area contributed by atoms with Crippen molar-refractivity contribution in [2.75, 3.05) is 6.54 Å². The van der Waals surface area contributed by atoms with Crippen molar-refractivity contribution in [1.82, 2.24) is 9.55 Å². The van der Waals surface area contributed by atoms with Crippen LogP contribution in [0.3, 0.4) is 0 Å². The molecule has 14 heavy (non-hydrogen) atoms. The standard InChI is InChI=1S/C10H13N3S/c1-13-5-3-8(6-13)10-12-9(2-4-11)7-14-10/h3,5-7H,2,4,11H2,1H3. The van der Waals surface area contributed by atoms with Crippen LogP contribution in [0.25, 0.3) is 10.6 Å². The fourth-order valence-corrected chi connectivity index (χ4v) is 2.18. The molecule has 0 aliphatic carbocycles. The largest absolute Gasteiger partial charge is 0.357 e. The molecule has 74 valence electrons. The first-order valence-corrected chi connectivity index (χ1v) is 5.44. The van der Waals surface area contributed by atoms with Gasteiger partial charge < -0.3 is 10.3 Å². The summed E-state index contributed by atoms with van der Waals surface area (Å²) in [5, 5.41) is 3.16. The highest BCUT2D eigenvalue weighted by atomic mass is 32.1. The van der Waals surface area contributed by atoms with Crippen molar-refractivity contribution in [3.63, 3.8) is 0 Å². The highest BCUT2D eigenvalue weighted by Crippen LogP contribution is 2.23. The van der Waals surface area contributed by atoms with Crippen LogP contribution in [0.2, 0.25) is 0 Å². The second kappa shape index (κ2) is 3.94. The Morgan fingerprint density at radius 3 is 3.07 bits per heavy atom. The van der Waals surface area contributed by atoms with Crippen LogP contribution in [0, 0.1) is 0 Å². The van der Waals surface area contributed by atoms with E-state index in [9.17, 15) is 0 Å². The maximum absolute atomic E-state index is 5.47. The number of nitrogens with two attached hydrogens (primary N) is 1. The Balaban J connectivity index is 2.24. The van der Waals surface area contributed by atoms with Crippen molar-refractivity contribution in [2.45, 2.75) is 6.42 Å². The van der Waals surface area contributed by atoms with E-state index < -0.39 is 0 Å². The molecule has 0 fully saturated rings. The third-order valence-electron chi connectivity index (χ3n) is 2.03. The molecule has 4 heteroatoms. The average Bonchev–Trinajstić information content (AvgIpc) is 2.74. The first-order valence-electron chi connectivity index (χ1n) is 4.56. The average molecular weight is 207 g/mol. The Kier molecular flexibility index (Phi) is 2.65. The predicted molar refractivity (Wildman–Crippen MR) is 59.3 cm³/mol. The van der Waals surface area contributed by atoms with E-state index in [1.807, 2.05) is 17.8 Å². The van der Waals surface area contributed by atoms with E-state index >= 15 is 0 Å². The molecule has 3 nitrogen and oxygen atoms in total. The van der Waals surface area contributed by atoms with Gasteiger partial charge in [0.1, 0.15) is 5.01 Å². The van der Waals surface area contributed by atoms with Crippen molar-refractivity contribution in [3.05, 3.63) is 29.5 Å². The molecule has 2 heterocycles. The van der Waals surface area contributed by atoms with E-state index in [1.165, 1.54) is 5.56 Å². The summed E-state index contributed by atoms with van der Waals surface area (Å²) < 4.78 is 2.03. The summed E-state index contributed by atoms with van der Waals surface area (Å²) in [5.41, 5.74) is 7.75. The van der Waals surface area contributed by atoms with Crippen LogP contribution in [-0.2, 0) is 13.5 Å². The van der Waals surface area contributed by atoms with Crippen LogP contribution in [-0.4, -0.2) is 16.1 Å². The van der Waals surface area contributed by atoms with Gasteiger partial charge in [0.25, 0.3) is 0 Å². The summed E-state index contributed by atoms with van der Waals surface area (Å²) in [7, 11) is 2.01. The first kappa shape index (κ1) is 9.43. The van der Waals surface area contributed by atoms with Gasteiger partial charge in [-0.05, 0) is 12.6 Å². The van der Waals surface area contributed by atoms with Crippen molar-refractivity contribution >= 4 is 11.3 Å². The lowest BCUT2D eigenvalue weighted by molar-refractivity contribution is 0.926. The van der Waals surface area contributed by atoms with Crippen LogP contribution in [0.4, 0.5) is 0 Å². The second-order valence-corrected chi connectivity index (χ2v) is 4.11. The zero-order chi connectivity index (χ0) is 9.97. The molecular formula is C10H13N3S. The van der Waals surface area contributed by atoms with Crippen molar-refractivity contribution in [1.29, 1.82) is 0 Å².